The average molecular weight is 446 g/mol. The maximum atomic E-state index is 13.0. The van der Waals surface area contributed by atoms with Gasteiger partial charge < -0.3 is 10.6 Å². The lowest BCUT2D eigenvalue weighted by Crippen LogP contribution is -2.22. The lowest BCUT2D eigenvalue weighted by Gasteiger charge is -2.13. The van der Waals surface area contributed by atoms with Gasteiger partial charge in [0, 0.05) is 0 Å². The highest BCUT2D eigenvalue weighted by atomic mass is 16.2. The minimum absolute atomic E-state index is 0.409. The summed E-state index contributed by atoms with van der Waals surface area (Å²) in [6.07, 6.45) is 0. The van der Waals surface area contributed by atoms with Crippen LogP contribution in [0.3, 0.4) is 0 Å². The van der Waals surface area contributed by atoms with E-state index in [4.69, 9.17) is 0 Å². The minimum Gasteiger partial charge on any atom is -0.306 e. The molecule has 2 amide bonds. The quantitative estimate of drug-likeness (QED) is 0.405. The molecule has 34 heavy (non-hydrogen) atoms. The van der Waals surface area contributed by atoms with Gasteiger partial charge in [0.15, 0.2) is 0 Å². The number of benzene rings is 4. The van der Waals surface area contributed by atoms with Crippen molar-refractivity contribution in [2.75, 3.05) is 10.6 Å². The SMILES string of the molecule is O=C(Nc1ccccc1-n1nc2ccccc2n1)Nc1ccccc1-n1nc2ccccc2n1. The smallest absolute Gasteiger partial charge is 0.306 e. The Balaban J connectivity index is 1.28. The summed E-state index contributed by atoms with van der Waals surface area (Å²) in [5.74, 6) is 0. The van der Waals surface area contributed by atoms with Crippen LogP contribution >= 0.6 is 0 Å². The molecule has 0 saturated carbocycles. The van der Waals surface area contributed by atoms with Crippen molar-refractivity contribution < 1.29 is 4.79 Å². The summed E-state index contributed by atoms with van der Waals surface area (Å²) in [6, 6.07) is 29.5. The summed E-state index contributed by atoms with van der Waals surface area (Å²) in [7, 11) is 0. The van der Waals surface area contributed by atoms with Crippen molar-refractivity contribution >= 4 is 39.5 Å². The first-order valence-electron chi connectivity index (χ1n) is 10.7. The zero-order valence-corrected chi connectivity index (χ0v) is 17.8. The zero-order valence-electron chi connectivity index (χ0n) is 17.8. The summed E-state index contributed by atoms with van der Waals surface area (Å²) in [6.45, 7) is 0. The number of urea groups is 1. The Hall–Kier alpha value is -5.05. The van der Waals surface area contributed by atoms with E-state index in [1.54, 1.807) is 12.1 Å². The molecule has 2 heterocycles. The van der Waals surface area contributed by atoms with E-state index in [1.165, 1.54) is 9.59 Å². The van der Waals surface area contributed by atoms with Gasteiger partial charge in [-0.3, -0.25) is 0 Å². The number of hydrogen-bond donors (Lipinski definition) is 2. The first kappa shape index (κ1) is 19.6. The highest BCUT2D eigenvalue weighted by Crippen LogP contribution is 2.23. The normalized spacial score (nSPS) is 11.1. The number of carbonyl (C=O) groups excluding carboxylic acids is 1. The van der Waals surface area contributed by atoms with Crippen molar-refractivity contribution in [3.8, 4) is 11.4 Å². The van der Waals surface area contributed by atoms with Crippen LogP contribution in [-0.4, -0.2) is 36.0 Å². The van der Waals surface area contributed by atoms with Crippen molar-refractivity contribution in [2.45, 2.75) is 0 Å². The van der Waals surface area contributed by atoms with Gasteiger partial charge >= 0.3 is 6.03 Å². The third-order valence-electron chi connectivity index (χ3n) is 5.31. The number of amides is 2. The van der Waals surface area contributed by atoms with E-state index in [-0.39, 0.29) is 0 Å². The lowest BCUT2D eigenvalue weighted by molar-refractivity contribution is 0.262. The van der Waals surface area contributed by atoms with E-state index in [1.807, 2.05) is 84.9 Å². The standard InChI is InChI=1S/C25H18N8O/c34-25(26-21-13-5-7-15-23(21)32-28-17-9-1-2-10-18(17)29-32)27-22-14-6-8-16-24(22)33-30-19-11-3-4-12-20(19)31-33/h1-16H,(H2,26,27,34). The van der Waals surface area contributed by atoms with Gasteiger partial charge in [0.1, 0.15) is 33.4 Å². The van der Waals surface area contributed by atoms with Crippen LogP contribution in [0.15, 0.2) is 97.1 Å². The second kappa shape index (κ2) is 8.14. The third kappa shape index (κ3) is 3.61. The molecule has 2 N–H and O–H groups in total. The zero-order chi connectivity index (χ0) is 22.9. The fraction of sp³-hybridized carbons (Fsp3) is 0. The van der Waals surface area contributed by atoms with Gasteiger partial charge in [-0.1, -0.05) is 48.5 Å². The molecule has 0 aliphatic heterocycles. The number of fused-ring (bicyclic) bond motifs is 2. The molecule has 9 heteroatoms. The molecule has 0 unspecified atom stereocenters. The molecule has 9 nitrogen and oxygen atoms in total. The van der Waals surface area contributed by atoms with Crippen LogP contribution in [0.2, 0.25) is 0 Å². The van der Waals surface area contributed by atoms with Crippen LogP contribution in [0.25, 0.3) is 33.4 Å². The Bertz CT molecular complexity index is 1460. The monoisotopic (exact) mass is 446 g/mol. The molecule has 6 rings (SSSR count). The van der Waals surface area contributed by atoms with Gasteiger partial charge in [-0.05, 0) is 48.5 Å². The molecular weight excluding hydrogens is 428 g/mol. The van der Waals surface area contributed by atoms with Crippen molar-refractivity contribution in [3.05, 3.63) is 97.1 Å². The number of aromatic nitrogens is 6. The maximum Gasteiger partial charge on any atom is 0.323 e. The van der Waals surface area contributed by atoms with Crippen LogP contribution < -0.4 is 10.6 Å². The van der Waals surface area contributed by atoms with E-state index in [9.17, 15) is 4.79 Å². The fourth-order valence-corrected chi connectivity index (χ4v) is 3.72. The predicted molar refractivity (Wildman–Crippen MR) is 130 cm³/mol. The molecule has 0 radical (unpaired) electrons. The number of anilines is 2. The molecule has 4 aromatic carbocycles. The summed E-state index contributed by atoms with van der Waals surface area (Å²) < 4.78 is 0. The minimum atomic E-state index is -0.409. The summed E-state index contributed by atoms with van der Waals surface area (Å²) in [5, 5.41) is 23.9. The maximum absolute atomic E-state index is 13.0. The van der Waals surface area contributed by atoms with Gasteiger partial charge in [-0.25, -0.2) is 4.79 Å². The molecule has 0 aliphatic rings. The summed E-state index contributed by atoms with van der Waals surface area (Å²) >= 11 is 0. The van der Waals surface area contributed by atoms with Gasteiger partial charge in [0.25, 0.3) is 0 Å². The lowest BCUT2D eigenvalue weighted by atomic mass is 10.2. The van der Waals surface area contributed by atoms with Gasteiger partial charge in [0.2, 0.25) is 0 Å². The van der Waals surface area contributed by atoms with Gasteiger partial charge in [-0.2, -0.15) is 0 Å². The number of nitrogens with one attached hydrogen (secondary N) is 2. The van der Waals surface area contributed by atoms with Crippen LogP contribution in [0.4, 0.5) is 16.2 Å². The Morgan fingerprint density at radius 3 is 1.21 bits per heavy atom. The largest absolute Gasteiger partial charge is 0.323 e. The summed E-state index contributed by atoms with van der Waals surface area (Å²) in [4.78, 5) is 16.0. The first-order valence-corrected chi connectivity index (χ1v) is 10.7. The van der Waals surface area contributed by atoms with Crippen LogP contribution in [0.5, 0.6) is 0 Å². The third-order valence-corrected chi connectivity index (χ3v) is 5.31. The molecular formula is C25H18N8O. The molecule has 6 aromatic rings. The molecule has 0 saturated heterocycles. The Labute approximate surface area is 193 Å². The molecule has 0 spiro atoms. The number of carbonyl (C=O) groups is 1. The summed E-state index contributed by atoms with van der Waals surface area (Å²) in [5.41, 5.74) is 5.54. The molecule has 0 atom stereocenters. The molecule has 0 bridgehead atoms. The second-order valence-electron chi connectivity index (χ2n) is 7.57. The van der Waals surface area contributed by atoms with Crippen LogP contribution in [0, 0.1) is 0 Å². The predicted octanol–water partition coefficient (Wildman–Crippen LogP) is 4.80. The average Bonchev–Trinajstić information content (AvgIpc) is 3.49. The fourth-order valence-electron chi connectivity index (χ4n) is 3.72. The topological polar surface area (TPSA) is 103 Å². The highest BCUT2D eigenvalue weighted by Gasteiger charge is 2.14. The Kier molecular flexibility index (Phi) is 4.70. The molecule has 164 valence electrons. The Morgan fingerprint density at radius 2 is 0.824 bits per heavy atom. The molecule has 0 fully saturated rings. The van der Waals surface area contributed by atoms with Crippen LogP contribution in [0.1, 0.15) is 0 Å². The van der Waals surface area contributed by atoms with Crippen LogP contribution in [-0.2, 0) is 0 Å². The Morgan fingerprint density at radius 1 is 0.500 bits per heavy atom. The number of nitrogens with zero attached hydrogens (tertiary/aromatic N) is 6. The number of hydrogen-bond acceptors (Lipinski definition) is 5. The van der Waals surface area contributed by atoms with Crippen molar-refractivity contribution in [1.29, 1.82) is 0 Å². The number of para-hydroxylation sites is 4. The highest BCUT2D eigenvalue weighted by molar-refractivity contribution is 6.02. The van der Waals surface area contributed by atoms with E-state index >= 15 is 0 Å². The van der Waals surface area contributed by atoms with E-state index < -0.39 is 6.03 Å². The van der Waals surface area contributed by atoms with E-state index in [0.29, 0.717) is 22.7 Å². The molecule has 0 aliphatic carbocycles. The second-order valence-corrected chi connectivity index (χ2v) is 7.57. The first-order chi connectivity index (χ1) is 16.7. The van der Waals surface area contributed by atoms with Crippen molar-refractivity contribution in [2.24, 2.45) is 0 Å². The van der Waals surface area contributed by atoms with Gasteiger partial charge in [-0.15, -0.1) is 30.0 Å². The van der Waals surface area contributed by atoms with Crippen molar-refractivity contribution in [3.63, 3.8) is 0 Å². The van der Waals surface area contributed by atoms with E-state index in [2.05, 4.69) is 31.0 Å². The van der Waals surface area contributed by atoms with E-state index in [0.717, 1.165) is 22.1 Å². The molecule has 2 aromatic heterocycles. The number of rotatable bonds is 4. The van der Waals surface area contributed by atoms with Crippen molar-refractivity contribution in [1.82, 2.24) is 30.0 Å². The van der Waals surface area contributed by atoms with Gasteiger partial charge in [0.05, 0.1) is 11.4 Å².